The Balaban J connectivity index is 1.02. The lowest BCUT2D eigenvalue weighted by molar-refractivity contribution is -0.403. The second-order valence-corrected chi connectivity index (χ2v) is 30.3. The molecule has 3 amide bonds. The molecule has 0 radical (unpaired) electrons. The molecule has 10 aliphatic rings. The summed E-state index contributed by atoms with van der Waals surface area (Å²) in [5.41, 5.74) is 0. The van der Waals surface area contributed by atoms with Crippen LogP contribution in [0.2, 0.25) is 0 Å². The quantitative estimate of drug-likeness (QED) is 0.0318. The largest absolute Gasteiger partial charge is 0.394 e. The highest BCUT2D eigenvalue weighted by atomic mass is 16.8. The normalized spacial score (nSPS) is 50.7. The summed E-state index contributed by atoms with van der Waals surface area (Å²) in [6.07, 6.45) is -99.4. The van der Waals surface area contributed by atoms with Gasteiger partial charge in [0.25, 0.3) is 0 Å². The monoisotopic (exact) mass is 1750 g/mol. The second-order valence-electron chi connectivity index (χ2n) is 30.3. The molecule has 31 N–H and O–H groups in total. The van der Waals surface area contributed by atoms with Crippen molar-refractivity contribution in [2.45, 2.75) is 335 Å². The molecule has 1 unspecified atom stereocenters. The van der Waals surface area contributed by atoms with Gasteiger partial charge in [-0.15, -0.1) is 0 Å². The summed E-state index contributed by atoms with van der Waals surface area (Å²) in [6.45, 7) is -5.97. The fourth-order valence-corrected chi connectivity index (χ4v) is 15.4. The van der Waals surface area contributed by atoms with Crippen molar-refractivity contribution in [3.05, 3.63) is 0 Å². The molecule has 0 aromatic carbocycles. The first-order valence-corrected chi connectivity index (χ1v) is 38.0. The smallest absolute Gasteiger partial charge is 0.217 e. The zero-order valence-corrected chi connectivity index (χ0v) is 63.7. The van der Waals surface area contributed by atoms with Crippen molar-refractivity contribution in [3.63, 3.8) is 0 Å². The van der Waals surface area contributed by atoms with Gasteiger partial charge in [-0.2, -0.15) is 0 Å². The van der Waals surface area contributed by atoms with E-state index in [-0.39, 0.29) is 0 Å². The van der Waals surface area contributed by atoms with E-state index < -0.39 is 384 Å². The Morgan fingerprint density at radius 2 is 0.521 bits per heavy atom. The van der Waals surface area contributed by atoms with Crippen LogP contribution < -0.4 is 16.0 Å². The van der Waals surface area contributed by atoms with Crippen molar-refractivity contribution in [1.82, 2.24) is 16.0 Å². The summed E-state index contributed by atoms with van der Waals surface area (Å²) in [6, 6.07) is -5.70. The predicted octanol–water partition coefficient (Wildman–Crippen LogP) is -21.3. The average molecular weight is 1750 g/mol. The first-order valence-electron chi connectivity index (χ1n) is 38.0. The van der Waals surface area contributed by atoms with Crippen molar-refractivity contribution in [2.24, 2.45) is 0 Å². The van der Waals surface area contributed by atoms with Gasteiger partial charge in [0, 0.05) is 20.8 Å². The van der Waals surface area contributed by atoms with Crippen molar-refractivity contribution in [3.8, 4) is 0 Å². The lowest BCUT2D eigenvalue weighted by Crippen LogP contribution is -2.71. The van der Waals surface area contributed by atoms with E-state index in [4.69, 9.17) is 90.0 Å². The molecule has 10 aliphatic heterocycles. The van der Waals surface area contributed by atoms with E-state index in [0.29, 0.717) is 0 Å². The summed E-state index contributed by atoms with van der Waals surface area (Å²) in [4.78, 5) is 38.8. The van der Waals surface area contributed by atoms with Crippen molar-refractivity contribution < 1.29 is 247 Å². The minimum Gasteiger partial charge on any atom is -0.394 e. The van der Waals surface area contributed by atoms with Crippen LogP contribution in [0.5, 0.6) is 0 Å². The molecule has 10 fully saturated rings. The van der Waals surface area contributed by atoms with E-state index in [1.807, 2.05) is 0 Å². The molecule has 53 heteroatoms. The number of aliphatic hydroxyl groups excluding tert-OH is 28. The van der Waals surface area contributed by atoms with E-state index in [9.17, 15) is 157 Å². The molecule has 0 saturated carbocycles. The van der Waals surface area contributed by atoms with Crippen LogP contribution in [0.1, 0.15) is 27.7 Å². The molecule has 0 bridgehead atoms. The van der Waals surface area contributed by atoms with Crippen molar-refractivity contribution in [2.75, 3.05) is 59.5 Å². The molecular formula is C66H111N3O50. The Morgan fingerprint density at radius 1 is 0.235 bits per heavy atom. The van der Waals surface area contributed by atoms with Crippen LogP contribution >= 0.6 is 0 Å². The molecule has 119 heavy (non-hydrogen) atoms. The molecular weight excluding hydrogens is 1630 g/mol. The average Bonchev–Trinajstić information content (AvgIpc) is 0.757. The highest BCUT2D eigenvalue weighted by molar-refractivity contribution is 5.74. The number of hydrogen-bond acceptors (Lipinski definition) is 50. The number of amides is 3. The van der Waals surface area contributed by atoms with Crippen LogP contribution in [0.4, 0.5) is 0 Å². The Labute approximate surface area is 673 Å². The van der Waals surface area contributed by atoms with Gasteiger partial charge in [0.2, 0.25) is 17.7 Å². The van der Waals surface area contributed by atoms with Crippen LogP contribution in [-0.2, 0) is 104 Å². The fraction of sp³-hybridized carbons (Fsp3) is 0.955. The first kappa shape index (κ1) is 97.7. The second kappa shape index (κ2) is 42.4. The van der Waals surface area contributed by atoms with Crippen molar-refractivity contribution in [1.29, 1.82) is 0 Å². The Hall–Kier alpha value is -3.47. The highest BCUT2D eigenvalue weighted by Gasteiger charge is 2.62. The van der Waals surface area contributed by atoms with Crippen LogP contribution in [0.3, 0.4) is 0 Å². The van der Waals surface area contributed by atoms with Crippen LogP contribution in [0.25, 0.3) is 0 Å². The molecule has 0 aliphatic carbocycles. The summed E-state index contributed by atoms with van der Waals surface area (Å²) in [7, 11) is 0. The molecule has 0 aromatic rings. The Morgan fingerprint density at radius 3 is 0.992 bits per heavy atom. The maximum absolute atomic E-state index is 13.5. The first-order chi connectivity index (χ1) is 56.3. The molecule has 0 aromatic heterocycles. The van der Waals surface area contributed by atoms with Gasteiger partial charge in [-0.3, -0.25) is 14.4 Å². The number of carbonyl (C=O) groups is 3. The molecule has 10 heterocycles. The summed E-state index contributed by atoms with van der Waals surface area (Å²) in [5, 5.41) is 318. The van der Waals surface area contributed by atoms with Gasteiger partial charge in [0.1, 0.15) is 238 Å². The van der Waals surface area contributed by atoms with Gasteiger partial charge >= 0.3 is 0 Å². The minimum absolute atomic E-state index is 0.802. The summed E-state index contributed by atoms with van der Waals surface area (Å²) in [5.74, 6) is -2.80. The predicted molar refractivity (Wildman–Crippen MR) is 363 cm³/mol. The van der Waals surface area contributed by atoms with Gasteiger partial charge in [-0.05, 0) is 6.92 Å². The minimum atomic E-state index is -2.64. The fourth-order valence-electron chi connectivity index (χ4n) is 15.4. The van der Waals surface area contributed by atoms with Gasteiger partial charge in [0.15, 0.2) is 62.9 Å². The van der Waals surface area contributed by atoms with E-state index in [1.165, 1.54) is 6.92 Å². The highest BCUT2D eigenvalue weighted by Crippen LogP contribution is 2.41. The zero-order chi connectivity index (χ0) is 87.5. The SMILES string of the molecule is CC(=O)N[C@H]1[C@H](O[C@H]2[C@H](O)[C@@H](NC(C)=O)C(O)O[C@@H]2CO)O[C@H](CO)[C@@H](O[C@@H]2O[C@H](CO[C@H]3O[C@H](CO[C@H]4O[C@H](CO)[C@@H](O)[C@H](O)[C@@H]4O)[C@@H](O)[C@H](O[C@H]4O[C@H](CO)[C@@H](O)[C@H](O)[C@@H]4O)[C@@H]3O)[C@@H](O)[C@H](O[C@H]3O[C@H](CO)[C@@H](O)[C@H](O)[C@@H]3O[C@@H]3O[C@H](CO)[C@@H](O[C@@H]4O[C@H](CO)[C@H](O)[C@H](O)[C@H]4O)[C@H](O[C@@H]4O[C@@H](C)[C@@H](O)[C@@H](O)[C@@H]4O)[C@H]3NC(C)=O)[C@@H]2O)[C@@H]1O. The molecule has 690 valence electrons. The third-order valence-electron chi connectivity index (χ3n) is 22.0. The number of hydrogen-bond donors (Lipinski definition) is 31. The standard InChI is InChI=1S/C66H111N3O50/c1-14-30(80)39(89)45(95)62(103-14)116-53-29(69-17(4)79)59(110-24(11-76)52(53)115-63-46(96)41(91)32(82)19(6-71)106-63)119-56-43(93)34(84)21(8-73)108-66(56)118-55-36(86)26(112-65(49(55)99)114-51-23(10-75)109-58(28(38(51)88)68-16(3)78)113-50-22(9-74)104-57(100)27(37(50)87)67-15(2)77)13-102-61-48(98)54(117-64-47(97)42(92)33(83)20(7-72)107-64)35(85)25(111-61)12-101-60-44(94)40(90)31(81)18(5-70)105-60/h14,18-66,70-76,80-100H,5-13H2,1-4H3,(H,67,77)(H,68,78)(H,69,79)/t14-,18+,19+,20+,21+,22+,23+,24+,25+,26+,27+,28+,29+,30+,31+,32-,33+,34+,35+,36+,37+,38+,39+,40-,41-,42-,43-,44-,45-,46+,47-,48-,49-,50+,51+,52+,53+,54-,55-,56-,57?,58-,59-,60-,61-,62-,63-,64+,65-,66+/m0/s1. The lowest BCUT2D eigenvalue weighted by atomic mass is 9.93. The Bertz CT molecular complexity index is 3160. The molecule has 0 spiro atoms. The Kier molecular flexibility index (Phi) is 34.8. The lowest BCUT2D eigenvalue weighted by Gasteiger charge is -2.52. The van der Waals surface area contributed by atoms with Gasteiger partial charge in [-0.1, -0.05) is 0 Å². The third-order valence-corrected chi connectivity index (χ3v) is 22.0. The van der Waals surface area contributed by atoms with Gasteiger partial charge in [0.05, 0.1) is 65.6 Å². The molecule has 10 saturated heterocycles. The molecule has 53 nitrogen and oxygen atoms in total. The maximum Gasteiger partial charge on any atom is 0.217 e. The zero-order valence-electron chi connectivity index (χ0n) is 63.7. The number of aliphatic hydroxyl groups is 28. The number of nitrogens with one attached hydrogen (secondary N) is 3. The van der Waals surface area contributed by atoms with Gasteiger partial charge in [-0.25, -0.2) is 0 Å². The third kappa shape index (κ3) is 21.4. The number of ether oxygens (including phenoxy) is 19. The summed E-state index contributed by atoms with van der Waals surface area (Å²) < 4.78 is 113. The van der Waals surface area contributed by atoms with E-state index in [1.54, 1.807) is 0 Å². The molecule has 50 atom stereocenters. The number of rotatable bonds is 30. The van der Waals surface area contributed by atoms with Crippen molar-refractivity contribution >= 4 is 17.7 Å². The van der Waals surface area contributed by atoms with Gasteiger partial charge < -0.3 is 249 Å². The van der Waals surface area contributed by atoms with Crippen LogP contribution in [0.15, 0.2) is 0 Å². The summed E-state index contributed by atoms with van der Waals surface area (Å²) >= 11 is 0. The topological polar surface area (TPSA) is 829 Å². The number of carbonyl (C=O) groups excluding carboxylic acids is 3. The van der Waals surface area contributed by atoms with E-state index in [0.717, 1.165) is 20.8 Å². The maximum atomic E-state index is 13.5. The molecule has 10 rings (SSSR count). The van der Waals surface area contributed by atoms with E-state index >= 15 is 0 Å². The van der Waals surface area contributed by atoms with Crippen LogP contribution in [-0.4, -0.2) is 527 Å². The van der Waals surface area contributed by atoms with E-state index in [2.05, 4.69) is 16.0 Å². The van der Waals surface area contributed by atoms with Crippen LogP contribution in [0, 0.1) is 0 Å².